The Hall–Kier alpha value is -2.29. The van der Waals surface area contributed by atoms with E-state index in [1.807, 2.05) is 13.8 Å². The molecule has 3 aliphatic heterocycles. The summed E-state index contributed by atoms with van der Waals surface area (Å²) in [5.74, 6) is -2.25. The lowest BCUT2D eigenvalue weighted by atomic mass is 9.66. The van der Waals surface area contributed by atoms with Gasteiger partial charge in [-0.1, -0.05) is 50.9 Å². The summed E-state index contributed by atoms with van der Waals surface area (Å²) < 4.78 is 4.78. The molecular formula is C30H39ClN2O5S. The predicted molar refractivity (Wildman–Crippen MR) is 156 cm³/mol. The summed E-state index contributed by atoms with van der Waals surface area (Å²) in [6.45, 7) is 13.8. The number of amides is 2. The van der Waals surface area contributed by atoms with E-state index in [1.54, 1.807) is 58.0 Å². The quantitative estimate of drug-likeness (QED) is 0.221. The molecule has 3 unspecified atom stereocenters. The number of aliphatic hydroxyl groups excluding tert-OH is 1. The fraction of sp³-hybridized carbons (Fsp3) is 0.567. The maximum atomic E-state index is 14.7. The van der Waals surface area contributed by atoms with Gasteiger partial charge in [0, 0.05) is 22.5 Å². The fourth-order valence-corrected chi connectivity index (χ4v) is 9.25. The molecule has 212 valence electrons. The molecule has 1 aromatic carbocycles. The highest BCUT2D eigenvalue weighted by Gasteiger charge is 2.77. The number of hydrogen-bond acceptors (Lipinski definition) is 6. The highest BCUT2D eigenvalue weighted by atomic mass is 35.5. The van der Waals surface area contributed by atoms with Gasteiger partial charge in [-0.2, -0.15) is 0 Å². The maximum Gasteiger partial charge on any atom is 0.310 e. The second kappa shape index (κ2) is 12.1. The van der Waals surface area contributed by atoms with Crippen molar-refractivity contribution in [2.75, 3.05) is 24.7 Å². The van der Waals surface area contributed by atoms with Crippen LogP contribution in [0, 0.1) is 23.7 Å². The number of benzene rings is 1. The molecule has 3 saturated heterocycles. The van der Waals surface area contributed by atoms with Crippen LogP contribution in [0.25, 0.3) is 0 Å². The Kier molecular flexibility index (Phi) is 9.19. The summed E-state index contributed by atoms with van der Waals surface area (Å²) in [5.41, 5.74) is 0.645. The van der Waals surface area contributed by atoms with Gasteiger partial charge in [-0.15, -0.1) is 24.9 Å². The van der Waals surface area contributed by atoms with Gasteiger partial charge >= 0.3 is 5.97 Å². The Bertz CT molecular complexity index is 1110. The maximum absolute atomic E-state index is 14.7. The first kappa shape index (κ1) is 29.7. The van der Waals surface area contributed by atoms with Gasteiger partial charge < -0.3 is 19.6 Å². The standard InChI is InChI=1S/C30H39ClN2O5S/c1-6-9-15-38-29(37)24-23-16-19(5)30(39-23)25(24)27(35)33(22(17-34)18(4)8-3)26(30)28(36)32(14-7-2)21-12-10-20(31)11-13-21/h6-7,10-13,18-19,22-26,34H,1-2,8-9,14-17H2,3-5H3/t18-,19?,22-,23-,24+,25-,26?,30?/m0/s1. The zero-order valence-corrected chi connectivity index (χ0v) is 24.5. The molecular weight excluding hydrogens is 536 g/mol. The molecule has 0 aromatic heterocycles. The summed E-state index contributed by atoms with van der Waals surface area (Å²) in [5, 5.41) is 11.0. The van der Waals surface area contributed by atoms with E-state index in [9.17, 15) is 19.5 Å². The second-order valence-corrected chi connectivity index (χ2v) is 12.9. The van der Waals surface area contributed by atoms with E-state index < -0.39 is 28.7 Å². The molecule has 1 aromatic rings. The number of fused-ring (bicyclic) bond motifs is 1. The van der Waals surface area contributed by atoms with Gasteiger partial charge in [0.1, 0.15) is 6.04 Å². The van der Waals surface area contributed by atoms with Gasteiger partial charge in [-0.05, 0) is 48.9 Å². The predicted octanol–water partition coefficient (Wildman–Crippen LogP) is 4.72. The normalized spacial score (nSPS) is 30.5. The van der Waals surface area contributed by atoms with Crippen LogP contribution < -0.4 is 4.90 Å². The third-order valence-electron chi connectivity index (χ3n) is 8.82. The SMILES string of the molecule is C=CCCOC(=O)[C@@H]1[C@@H]2CC(C)C3(S2)C(C(=O)N(CC=C)c2ccc(Cl)cc2)N([C@@H](CO)[C@@H](C)CC)C(=O)[C@H]13. The molecule has 2 bridgehead atoms. The number of rotatable bonds is 12. The van der Waals surface area contributed by atoms with E-state index in [0.717, 1.165) is 6.42 Å². The number of anilines is 1. The van der Waals surface area contributed by atoms with Crippen LogP contribution in [-0.2, 0) is 19.1 Å². The summed E-state index contributed by atoms with van der Waals surface area (Å²) in [6, 6.07) is 5.59. The second-order valence-electron chi connectivity index (χ2n) is 10.9. The Morgan fingerprint density at radius 3 is 2.59 bits per heavy atom. The Balaban J connectivity index is 1.83. The van der Waals surface area contributed by atoms with Crippen molar-refractivity contribution in [2.24, 2.45) is 23.7 Å². The van der Waals surface area contributed by atoms with Crippen LogP contribution in [0.4, 0.5) is 5.69 Å². The van der Waals surface area contributed by atoms with Crippen molar-refractivity contribution in [3.63, 3.8) is 0 Å². The number of carbonyl (C=O) groups excluding carboxylic acids is 3. The molecule has 8 atom stereocenters. The number of thioether (sulfide) groups is 1. The van der Waals surface area contributed by atoms with Crippen molar-refractivity contribution >= 4 is 46.8 Å². The van der Waals surface area contributed by atoms with E-state index in [-0.39, 0.29) is 54.6 Å². The first-order valence-corrected chi connectivity index (χ1v) is 15.0. The van der Waals surface area contributed by atoms with Gasteiger partial charge in [-0.3, -0.25) is 14.4 Å². The third kappa shape index (κ3) is 4.93. The number of halogens is 1. The fourth-order valence-electron chi connectivity index (χ4n) is 6.74. The van der Waals surface area contributed by atoms with Crippen molar-refractivity contribution in [1.82, 2.24) is 4.90 Å². The average molecular weight is 575 g/mol. The Labute approximate surface area is 240 Å². The molecule has 0 radical (unpaired) electrons. The van der Waals surface area contributed by atoms with Gasteiger partial charge in [0.25, 0.3) is 5.91 Å². The number of likely N-dealkylation sites (tertiary alicyclic amines) is 1. The average Bonchev–Trinajstić information content (AvgIpc) is 3.52. The van der Waals surface area contributed by atoms with Crippen LogP contribution >= 0.6 is 23.4 Å². The molecule has 0 aliphatic carbocycles. The molecule has 4 rings (SSSR count). The van der Waals surface area contributed by atoms with Gasteiger partial charge in [0.15, 0.2) is 0 Å². The van der Waals surface area contributed by atoms with Crippen molar-refractivity contribution in [2.45, 2.75) is 62.1 Å². The van der Waals surface area contributed by atoms with Crippen LogP contribution in [0.1, 0.15) is 40.0 Å². The molecule has 1 N–H and O–H groups in total. The lowest BCUT2D eigenvalue weighted by Gasteiger charge is -2.43. The number of carbonyl (C=O) groups is 3. The summed E-state index contributed by atoms with van der Waals surface area (Å²) >= 11 is 7.73. The van der Waals surface area contributed by atoms with Crippen LogP contribution in [0.2, 0.25) is 5.02 Å². The minimum Gasteiger partial charge on any atom is -0.465 e. The molecule has 0 saturated carbocycles. The molecule has 7 nitrogen and oxygen atoms in total. The smallest absolute Gasteiger partial charge is 0.310 e. The van der Waals surface area contributed by atoms with Crippen LogP contribution in [0.3, 0.4) is 0 Å². The van der Waals surface area contributed by atoms with Gasteiger partial charge in [0.05, 0.1) is 35.8 Å². The topological polar surface area (TPSA) is 87.2 Å². The van der Waals surface area contributed by atoms with E-state index in [0.29, 0.717) is 23.6 Å². The van der Waals surface area contributed by atoms with Crippen molar-refractivity contribution < 1.29 is 24.2 Å². The number of nitrogens with zero attached hydrogens (tertiary/aromatic N) is 2. The van der Waals surface area contributed by atoms with Crippen LogP contribution in [0.15, 0.2) is 49.6 Å². The lowest BCUT2D eigenvalue weighted by Crippen LogP contribution is -2.60. The molecule has 3 aliphatic rings. The minimum atomic E-state index is -0.854. The molecule has 1 spiro atoms. The van der Waals surface area contributed by atoms with Crippen molar-refractivity contribution in [3.05, 3.63) is 54.6 Å². The summed E-state index contributed by atoms with van der Waals surface area (Å²) in [4.78, 5) is 45.8. The number of aliphatic hydroxyl groups is 1. The minimum absolute atomic E-state index is 0.00435. The zero-order chi connectivity index (χ0) is 28.5. The number of esters is 1. The van der Waals surface area contributed by atoms with E-state index in [1.165, 1.54) is 0 Å². The zero-order valence-electron chi connectivity index (χ0n) is 22.9. The Morgan fingerprint density at radius 1 is 1.31 bits per heavy atom. The van der Waals surface area contributed by atoms with Crippen molar-refractivity contribution in [3.8, 4) is 0 Å². The monoisotopic (exact) mass is 574 g/mol. The van der Waals surface area contributed by atoms with Gasteiger partial charge in [-0.25, -0.2) is 0 Å². The Morgan fingerprint density at radius 2 is 2.00 bits per heavy atom. The van der Waals surface area contributed by atoms with Gasteiger partial charge in [0.2, 0.25) is 5.91 Å². The van der Waals surface area contributed by atoms with E-state index in [4.69, 9.17) is 16.3 Å². The third-order valence-corrected chi connectivity index (χ3v) is 11.1. The highest BCUT2D eigenvalue weighted by molar-refractivity contribution is 8.02. The summed E-state index contributed by atoms with van der Waals surface area (Å²) in [7, 11) is 0. The lowest BCUT2D eigenvalue weighted by molar-refractivity contribution is -0.155. The molecule has 3 heterocycles. The van der Waals surface area contributed by atoms with E-state index in [2.05, 4.69) is 20.1 Å². The first-order valence-electron chi connectivity index (χ1n) is 13.7. The van der Waals surface area contributed by atoms with E-state index >= 15 is 0 Å². The largest absolute Gasteiger partial charge is 0.465 e. The van der Waals surface area contributed by atoms with Crippen LogP contribution in [0.5, 0.6) is 0 Å². The molecule has 2 amide bonds. The van der Waals surface area contributed by atoms with Crippen molar-refractivity contribution in [1.29, 1.82) is 0 Å². The number of ether oxygens (including phenoxy) is 1. The molecule has 3 fully saturated rings. The molecule has 9 heteroatoms. The summed E-state index contributed by atoms with van der Waals surface area (Å²) in [6.07, 6.45) is 5.31. The first-order chi connectivity index (χ1) is 18.7. The highest BCUT2D eigenvalue weighted by Crippen LogP contribution is 2.69. The molecule has 39 heavy (non-hydrogen) atoms. The number of hydrogen-bond donors (Lipinski definition) is 1. The van der Waals surface area contributed by atoms with Crippen LogP contribution in [-0.4, -0.2) is 69.6 Å².